The van der Waals surface area contributed by atoms with E-state index >= 15 is 0 Å². The number of unbranched alkanes of at least 4 members (excludes halogenated alkanes) is 1. The second-order valence-corrected chi connectivity index (χ2v) is 5.52. The molecule has 0 N–H and O–H groups in total. The van der Waals surface area contributed by atoms with Crippen molar-refractivity contribution in [1.29, 1.82) is 0 Å². The predicted octanol–water partition coefficient (Wildman–Crippen LogP) is 4.87. The number of hydrogen-bond donors (Lipinski definition) is 0. The van der Waals surface area contributed by atoms with Gasteiger partial charge in [0.2, 0.25) is 0 Å². The molecule has 0 fully saturated rings. The Labute approximate surface area is 142 Å². The van der Waals surface area contributed by atoms with Gasteiger partial charge in [0.15, 0.2) is 17.3 Å². The average Bonchev–Trinajstić information content (AvgIpc) is 3.03. The van der Waals surface area contributed by atoms with Gasteiger partial charge < -0.3 is 9.47 Å². The first kappa shape index (κ1) is 16.1. The van der Waals surface area contributed by atoms with Crippen LogP contribution < -0.4 is 14.8 Å². The Hall–Kier alpha value is -2.75. The second-order valence-electron chi connectivity index (χ2n) is 5.52. The predicted molar refractivity (Wildman–Crippen MR) is 97.8 cm³/mol. The van der Waals surface area contributed by atoms with Crippen molar-refractivity contribution < 1.29 is 9.47 Å². The molecule has 0 aliphatic carbocycles. The van der Waals surface area contributed by atoms with Gasteiger partial charge in [-0.1, -0.05) is 37.6 Å². The lowest BCUT2D eigenvalue weighted by Gasteiger charge is -2.11. The molecule has 3 rings (SSSR count). The van der Waals surface area contributed by atoms with Gasteiger partial charge in [-0.25, -0.2) is 10.3 Å². The standard InChI is InChI=1S/C20H21N2O2/c1-3-4-13-24-19-14-15(9-11-18(19)23-2)10-12-20-21-16-7-5-6-8-17(16)22-20/h5-12,14H,3-4,13H2,1-2H3. The minimum Gasteiger partial charge on any atom is -0.493 e. The number of amidine groups is 1. The summed E-state index contributed by atoms with van der Waals surface area (Å²) in [5.74, 6) is 2.22. The zero-order valence-electron chi connectivity index (χ0n) is 14.0. The summed E-state index contributed by atoms with van der Waals surface area (Å²) in [5, 5.41) is 4.49. The zero-order valence-corrected chi connectivity index (χ0v) is 14.0. The highest BCUT2D eigenvalue weighted by Crippen LogP contribution is 2.31. The molecule has 0 saturated carbocycles. The van der Waals surface area contributed by atoms with Crippen LogP contribution in [0.25, 0.3) is 6.08 Å². The van der Waals surface area contributed by atoms with Crippen LogP contribution in [0.5, 0.6) is 11.5 Å². The Kier molecular flexibility index (Phi) is 5.16. The molecule has 123 valence electrons. The van der Waals surface area contributed by atoms with Crippen LogP contribution in [0.4, 0.5) is 11.4 Å². The SMILES string of the molecule is CCCCOc1cc(C=CC2=Nc3ccccc3[N]2)ccc1OC. The first-order valence-electron chi connectivity index (χ1n) is 8.18. The van der Waals surface area contributed by atoms with Crippen molar-refractivity contribution in [2.75, 3.05) is 13.7 Å². The van der Waals surface area contributed by atoms with Crippen LogP contribution >= 0.6 is 0 Å². The maximum Gasteiger partial charge on any atom is 0.161 e. The lowest BCUT2D eigenvalue weighted by molar-refractivity contribution is 0.288. The molecule has 1 heterocycles. The maximum atomic E-state index is 5.82. The molecule has 1 aliphatic heterocycles. The van der Waals surface area contributed by atoms with Gasteiger partial charge in [0.25, 0.3) is 0 Å². The van der Waals surface area contributed by atoms with Crippen LogP contribution in [0.15, 0.2) is 53.5 Å². The quantitative estimate of drug-likeness (QED) is 0.683. The number of benzene rings is 2. The van der Waals surface area contributed by atoms with Crippen molar-refractivity contribution in [2.24, 2.45) is 4.99 Å². The zero-order chi connectivity index (χ0) is 16.8. The molecule has 1 radical (unpaired) electrons. The molecule has 0 unspecified atom stereocenters. The fourth-order valence-corrected chi connectivity index (χ4v) is 2.41. The molecular weight excluding hydrogens is 300 g/mol. The fourth-order valence-electron chi connectivity index (χ4n) is 2.41. The number of hydrogen-bond acceptors (Lipinski definition) is 3. The van der Waals surface area contributed by atoms with Crippen molar-refractivity contribution in [3.8, 4) is 11.5 Å². The van der Waals surface area contributed by atoms with Gasteiger partial charge in [-0.15, -0.1) is 0 Å². The third kappa shape index (κ3) is 3.77. The molecule has 2 aromatic carbocycles. The van der Waals surface area contributed by atoms with Crippen LogP contribution in [0, 0.1) is 0 Å². The lowest BCUT2D eigenvalue weighted by Crippen LogP contribution is -2.01. The van der Waals surface area contributed by atoms with Gasteiger partial charge in [-0.3, -0.25) is 0 Å². The van der Waals surface area contributed by atoms with E-state index in [1.807, 2.05) is 54.6 Å². The van der Waals surface area contributed by atoms with Gasteiger partial charge in [-0.05, 0) is 42.3 Å². The van der Waals surface area contributed by atoms with Gasteiger partial charge in [0, 0.05) is 0 Å². The van der Waals surface area contributed by atoms with Crippen LogP contribution in [-0.4, -0.2) is 19.6 Å². The Bertz CT molecular complexity index is 766. The van der Waals surface area contributed by atoms with Gasteiger partial charge in [0.05, 0.1) is 25.1 Å². The van der Waals surface area contributed by atoms with Crippen molar-refractivity contribution in [1.82, 2.24) is 5.32 Å². The number of para-hydroxylation sites is 2. The molecule has 0 aromatic heterocycles. The largest absolute Gasteiger partial charge is 0.493 e. The van der Waals surface area contributed by atoms with Gasteiger partial charge >= 0.3 is 0 Å². The van der Waals surface area contributed by atoms with Gasteiger partial charge in [-0.2, -0.15) is 0 Å². The number of ether oxygens (including phenoxy) is 2. The Morgan fingerprint density at radius 1 is 1.00 bits per heavy atom. The molecule has 4 nitrogen and oxygen atoms in total. The topological polar surface area (TPSA) is 44.9 Å². The highest BCUT2D eigenvalue weighted by Gasteiger charge is 2.12. The van der Waals surface area contributed by atoms with Crippen LogP contribution in [0.1, 0.15) is 25.3 Å². The summed E-state index contributed by atoms with van der Waals surface area (Å²) < 4.78 is 11.2. The first-order chi connectivity index (χ1) is 11.8. The summed E-state index contributed by atoms with van der Waals surface area (Å²) in [6.45, 7) is 2.83. The number of fused-ring (bicyclic) bond motifs is 1. The molecule has 0 saturated heterocycles. The van der Waals surface area contributed by atoms with Crippen molar-refractivity contribution in [3.63, 3.8) is 0 Å². The summed E-state index contributed by atoms with van der Waals surface area (Å²) in [6, 6.07) is 13.8. The summed E-state index contributed by atoms with van der Waals surface area (Å²) in [6.07, 6.45) is 6.03. The molecule has 0 spiro atoms. The van der Waals surface area contributed by atoms with E-state index < -0.39 is 0 Å². The van der Waals surface area contributed by atoms with E-state index in [1.54, 1.807) is 7.11 Å². The van der Waals surface area contributed by atoms with Crippen LogP contribution in [0.2, 0.25) is 0 Å². The van der Waals surface area contributed by atoms with E-state index in [2.05, 4.69) is 17.2 Å². The molecule has 1 aliphatic rings. The fraction of sp³-hybridized carbons (Fsp3) is 0.250. The van der Waals surface area contributed by atoms with Crippen LogP contribution in [0.3, 0.4) is 0 Å². The number of rotatable bonds is 7. The highest BCUT2D eigenvalue weighted by molar-refractivity contribution is 6.05. The molecule has 2 aromatic rings. The Balaban J connectivity index is 1.72. The van der Waals surface area contributed by atoms with E-state index in [0.717, 1.165) is 41.3 Å². The summed E-state index contributed by atoms with van der Waals surface area (Å²) in [7, 11) is 1.65. The number of nitrogens with zero attached hydrogens (tertiary/aromatic N) is 2. The van der Waals surface area contributed by atoms with E-state index in [0.29, 0.717) is 12.4 Å². The smallest absolute Gasteiger partial charge is 0.161 e. The lowest BCUT2D eigenvalue weighted by atomic mass is 10.2. The normalized spacial score (nSPS) is 12.7. The minimum absolute atomic E-state index is 0.692. The van der Waals surface area contributed by atoms with Crippen molar-refractivity contribution >= 4 is 23.3 Å². The average molecular weight is 321 g/mol. The van der Waals surface area contributed by atoms with E-state index in [9.17, 15) is 0 Å². The molecule has 0 bridgehead atoms. The van der Waals surface area contributed by atoms with E-state index in [-0.39, 0.29) is 0 Å². The summed E-state index contributed by atoms with van der Waals surface area (Å²) in [5.41, 5.74) is 2.85. The van der Waals surface area contributed by atoms with Crippen LogP contribution in [-0.2, 0) is 0 Å². The van der Waals surface area contributed by atoms with Gasteiger partial charge in [0.1, 0.15) is 0 Å². The monoisotopic (exact) mass is 321 g/mol. The molecule has 0 amide bonds. The number of methoxy groups -OCH3 is 1. The molecule has 0 atom stereocenters. The first-order valence-corrected chi connectivity index (χ1v) is 8.18. The number of aliphatic imine (C=N–C) groups is 1. The summed E-state index contributed by atoms with van der Waals surface area (Å²) in [4.78, 5) is 4.49. The second kappa shape index (κ2) is 7.68. The minimum atomic E-state index is 0.692. The third-order valence-corrected chi connectivity index (χ3v) is 3.72. The summed E-state index contributed by atoms with van der Waals surface area (Å²) >= 11 is 0. The molecule has 24 heavy (non-hydrogen) atoms. The van der Waals surface area contributed by atoms with E-state index in [4.69, 9.17) is 9.47 Å². The molecule has 4 heteroatoms. The maximum absolute atomic E-state index is 5.82. The van der Waals surface area contributed by atoms with E-state index in [1.165, 1.54) is 0 Å². The molecular formula is C20H21N2O2. The van der Waals surface area contributed by atoms with Crippen molar-refractivity contribution in [3.05, 3.63) is 54.1 Å². The third-order valence-electron chi connectivity index (χ3n) is 3.72. The Morgan fingerprint density at radius 3 is 2.58 bits per heavy atom. The van der Waals surface area contributed by atoms with Crippen molar-refractivity contribution in [2.45, 2.75) is 19.8 Å². The Morgan fingerprint density at radius 2 is 1.83 bits per heavy atom. The highest BCUT2D eigenvalue weighted by atomic mass is 16.5.